The molecular formula is C18H24ClNO. The maximum Gasteiger partial charge on any atom is 0.0761 e. The van der Waals surface area contributed by atoms with Crippen molar-refractivity contribution in [3.05, 3.63) is 47.5 Å². The van der Waals surface area contributed by atoms with Crippen LogP contribution in [-0.2, 0) is 0 Å². The highest BCUT2D eigenvalue weighted by molar-refractivity contribution is 5.89. The lowest BCUT2D eigenvalue weighted by molar-refractivity contribution is 0.0849. The summed E-state index contributed by atoms with van der Waals surface area (Å²) in [6.07, 6.45) is 4.24. The Morgan fingerprint density at radius 2 is 1.67 bits per heavy atom. The van der Waals surface area contributed by atoms with Gasteiger partial charge in [-0.05, 0) is 47.6 Å². The van der Waals surface area contributed by atoms with Crippen LogP contribution in [-0.4, -0.2) is 11.2 Å². The average molecular weight is 306 g/mol. The fourth-order valence-electron chi connectivity index (χ4n) is 3.54. The van der Waals surface area contributed by atoms with Crippen molar-refractivity contribution in [2.75, 3.05) is 0 Å². The molecule has 1 fully saturated rings. The van der Waals surface area contributed by atoms with Gasteiger partial charge in [0.05, 0.1) is 12.1 Å². The first-order valence-corrected chi connectivity index (χ1v) is 7.60. The van der Waals surface area contributed by atoms with Crippen LogP contribution in [0.4, 0.5) is 0 Å². The van der Waals surface area contributed by atoms with Crippen LogP contribution < -0.4 is 5.73 Å². The summed E-state index contributed by atoms with van der Waals surface area (Å²) in [5.41, 5.74) is 8.72. The fourth-order valence-corrected chi connectivity index (χ4v) is 3.54. The molecular weight excluding hydrogens is 282 g/mol. The van der Waals surface area contributed by atoms with Crippen molar-refractivity contribution < 1.29 is 5.11 Å². The van der Waals surface area contributed by atoms with E-state index in [-0.39, 0.29) is 18.4 Å². The summed E-state index contributed by atoms with van der Waals surface area (Å²) in [5, 5.41) is 13.0. The zero-order chi connectivity index (χ0) is 14.1. The quantitative estimate of drug-likeness (QED) is 0.896. The Bertz CT molecular complexity index is 607. The number of hydrogen-bond donors (Lipinski definition) is 2. The molecule has 0 bridgehead atoms. The van der Waals surface area contributed by atoms with Gasteiger partial charge in [-0.25, -0.2) is 0 Å². The van der Waals surface area contributed by atoms with Gasteiger partial charge in [0.1, 0.15) is 0 Å². The standard InChI is InChI=1S/C18H23NO.ClH/c1-12-10-11-16(15-9-5-4-8-14(12)15)17(19)18(20)13-6-2-3-7-13;/h4-5,8-11,13,17-18,20H,2-3,6-7,19H2,1H3;1H/t17-,18+;/m0./s1. The topological polar surface area (TPSA) is 46.2 Å². The SMILES string of the molecule is Cc1ccc([C@H](N)[C@H](O)C2CCCC2)c2ccccc12.Cl. The minimum Gasteiger partial charge on any atom is -0.391 e. The van der Waals surface area contributed by atoms with Crippen molar-refractivity contribution in [2.45, 2.75) is 44.8 Å². The Balaban J connectivity index is 0.00000161. The van der Waals surface area contributed by atoms with Gasteiger partial charge in [-0.1, -0.05) is 49.2 Å². The monoisotopic (exact) mass is 305 g/mol. The third-order valence-electron chi connectivity index (χ3n) is 4.79. The van der Waals surface area contributed by atoms with E-state index >= 15 is 0 Å². The number of aryl methyl sites for hydroxylation is 1. The van der Waals surface area contributed by atoms with Gasteiger partial charge in [0.2, 0.25) is 0 Å². The number of nitrogens with two attached hydrogens (primary N) is 1. The zero-order valence-corrected chi connectivity index (χ0v) is 13.3. The van der Waals surface area contributed by atoms with Crippen LogP contribution in [0.5, 0.6) is 0 Å². The summed E-state index contributed by atoms with van der Waals surface area (Å²) in [6.45, 7) is 2.12. The molecule has 0 unspecified atom stereocenters. The molecule has 3 rings (SSSR count). The molecule has 2 aromatic rings. The summed E-state index contributed by atoms with van der Waals surface area (Å²) in [5.74, 6) is 0.366. The Morgan fingerprint density at radius 1 is 1.05 bits per heavy atom. The van der Waals surface area contributed by atoms with E-state index < -0.39 is 6.10 Å². The summed E-state index contributed by atoms with van der Waals surface area (Å²) < 4.78 is 0. The summed E-state index contributed by atoms with van der Waals surface area (Å²) in [4.78, 5) is 0. The first-order chi connectivity index (χ1) is 9.68. The number of rotatable bonds is 3. The third-order valence-corrected chi connectivity index (χ3v) is 4.79. The smallest absolute Gasteiger partial charge is 0.0761 e. The molecule has 0 saturated heterocycles. The second-order valence-corrected chi connectivity index (χ2v) is 6.08. The molecule has 3 N–H and O–H groups in total. The highest BCUT2D eigenvalue weighted by Crippen LogP contribution is 2.35. The Kier molecular flexibility index (Phi) is 5.26. The zero-order valence-electron chi connectivity index (χ0n) is 12.5. The summed E-state index contributed by atoms with van der Waals surface area (Å²) in [6, 6.07) is 12.2. The van der Waals surface area contributed by atoms with Crippen LogP contribution in [0.3, 0.4) is 0 Å². The molecule has 0 aliphatic heterocycles. The molecule has 2 aromatic carbocycles. The molecule has 2 atom stereocenters. The van der Waals surface area contributed by atoms with Crippen LogP contribution in [0.2, 0.25) is 0 Å². The van der Waals surface area contributed by atoms with Crippen LogP contribution in [0.1, 0.15) is 42.9 Å². The molecule has 0 aromatic heterocycles. The molecule has 21 heavy (non-hydrogen) atoms. The van der Waals surface area contributed by atoms with Crippen LogP contribution >= 0.6 is 12.4 Å². The van der Waals surface area contributed by atoms with E-state index in [1.807, 2.05) is 6.07 Å². The molecule has 114 valence electrons. The van der Waals surface area contributed by atoms with Gasteiger partial charge in [0.15, 0.2) is 0 Å². The van der Waals surface area contributed by atoms with Gasteiger partial charge in [-0.3, -0.25) is 0 Å². The number of aliphatic hydroxyl groups is 1. The number of halogens is 1. The molecule has 0 radical (unpaired) electrons. The number of aliphatic hydroxyl groups excluding tert-OH is 1. The van der Waals surface area contributed by atoms with E-state index in [1.54, 1.807) is 0 Å². The number of fused-ring (bicyclic) bond motifs is 1. The maximum absolute atomic E-state index is 10.6. The predicted octanol–water partition coefficient (Wildman–Crippen LogP) is 4.12. The summed E-state index contributed by atoms with van der Waals surface area (Å²) in [7, 11) is 0. The van der Waals surface area contributed by atoms with E-state index in [9.17, 15) is 5.11 Å². The number of benzene rings is 2. The average Bonchev–Trinajstić information content (AvgIpc) is 3.01. The molecule has 0 amide bonds. The van der Waals surface area contributed by atoms with Gasteiger partial charge < -0.3 is 10.8 Å². The normalized spacial score (nSPS) is 18.4. The number of hydrogen-bond acceptors (Lipinski definition) is 2. The Labute approximate surface area is 132 Å². The van der Waals surface area contributed by atoms with Gasteiger partial charge >= 0.3 is 0 Å². The lowest BCUT2D eigenvalue weighted by atomic mass is 9.87. The molecule has 3 heteroatoms. The Hall–Kier alpha value is -1.09. The first kappa shape index (κ1) is 16.3. The van der Waals surface area contributed by atoms with Gasteiger partial charge in [-0.15, -0.1) is 12.4 Å². The maximum atomic E-state index is 10.6. The van der Waals surface area contributed by atoms with Crippen molar-refractivity contribution in [1.29, 1.82) is 0 Å². The largest absolute Gasteiger partial charge is 0.391 e. The van der Waals surface area contributed by atoms with Gasteiger partial charge in [0.25, 0.3) is 0 Å². The predicted molar refractivity (Wildman–Crippen MR) is 90.8 cm³/mol. The molecule has 1 saturated carbocycles. The minimum absolute atomic E-state index is 0. The summed E-state index contributed by atoms with van der Waals surface area (Å²) >= 11 is 0. The van der Waals surface area contributed by atoms with E-state index in [0.29, 0.717) is 5.92 Å². The molecule has 1 aliphatic carbocycles. The first-order valence-electron chi connectivity index (χ1n) is 7.60. The fraction of sp³-hybridized carbons (Fsp3) is 0.444. The van der Waals surface area contributed by atoms with Crippen molar-refractivity contribution in [1.82, 2.24) is 0 Å². The van der Waals surface area contributed by atoms with E-state index in [4.69, 9.17) is 5.73 Å². The van der Waals surface area contributed by atoms with Gasteiger partial charge in [-0.2, -0.15) is 0 Å². The lowest BCUT2D eigenvalue weighted by Gasteiger charge is -2.26. The van der Waals surface area contributed by atoms with Crippen LogP contribution in [0.25, 0.3) is 10.8 Å². The second-order valence-electron chi connectivity index (χ2n) is 6.08. The van der Waals surface area contributed by atoms with Crippen molar-refractivity contribution >= 4 is 23.2 Å². The Morgan fingerprint density at radius 3 is 2.33 bits per heavy atom. The lowest BCUT2D eigenvalue weighted by Crippen LogP contribution is -2.32. The minimum atomic E-state index is -0.427. The van der Waals surface area contributed by atoms with Gasteiger partial charge in [0, 0.05) is 0 Å². The molecule has 0 spiro atoms. The highest BCUT2D eigenvalue weighted by atomic mass is 35.5. The van der Waals surface area contributed by atoms with Crippen molar-refractivity contribution in [2.24, 2.45) is 11.7 Å². The molecule has 1 aliphatic rings. The molecule has 0 heterocycles. The third kappa shape index (κ3) is 3.08. The van der Waals surface area contributed by atoms with E-state index in [2.05, 4.69) is 37.3 Å². The van der Waals surface area contributed by atoms with E-state index in [1.165, 1.54) is 29.2 Å². The van der Waals surface area contributed by atoms with Crippen LogP contribution in [0.15, 0.2) is 36.4 Å². The van der Waals surface area contributed by atoms with E-state index in [0.717, 1.165) is 18.4 Å². The van der Waals surface area contributed by atoms with Crippen molar-refractivity contribution in [3.8, 4) is 0 Å². The second kappa shape index (κ2) is 6.78. The highest BCUT2D eigenvalue weighted by Gasteiger charge is 2.29. The van der Waals surface area contributed by atoms with Crippen molar-refractivity contribution in [3.63, 3.8) is 0 Å². The van der Waals surface area contributed by atoms with Crippen LogP contribution in [0, 0.1) is 12.8 Å². The molecule has 2 nitrogen and oxygen atoms in total.